The first-order valence-corrected chi connectivity index (χ1v) is 6.04. The Labute approximate surface area is 78.5 Å². The van der Waals surface area contributed by atoms with Gasteiger partial charge in [-0.15, -0.1) is 0 Å². The lowest BCUT2D eigenvalue weighted by Crippen LogP contribution is -2.32. The monoisotopic (exact) mass is 176 g/mol. The summed E-state index contributed by atoms with van der Waals surface area (Å²) in [6.07, 6.45) is 4.59. The molecule has 0 aromatic heterocycles. The predicted molar refractivity (Wildman–Crippen MR) is 47.8 cm³/mol. The first-order chi connectivity index (χ1) is 6.36. The zero-order valence-electron chi connectivity index (χ0n) is 7.76. The van der Waals surface area contributed by atoms with Crippen LogP contribution in [-0.4, -0.2) is 11.2 Å². The molecular formula is C12H16O. The number of rotatable bonds is 0. The van der Waals surface area contributed by atoms with Gasteiger partial charge in [-0.3, -0.25) is 0 Å². The lowest BCUT2D eigenvalue weighted by Gasteiger charge is -2.30. The smallest absolute Gasteiger partial charge is 0.0605 e. The van der Waals surface area contributed by atoms with Crippen molar-refractivity contribution in [3.05, 3.63) is 0 Å². The largest absolute Gasteiger partial charge is 0.393 e. The van der Waals surface area contributed by atoms with E-state index in [0.29, 0.717) is 0 Å². The number of fused-ring (bicyclic) bond motifs is 5. The van der Waals surface area contributed by atoms with Gasteiger partial charge in [0.2, 0.25) is 0 Å². The molecule has 0 radical (unpaired) electrons. The fourth-order valence-electron chi connectivity index (χ4n) is 6.70. The zero-order valence-corrected chi connectivity index (χ0v) is 7.76. The van der Waals surface area contributed by atoms with E-state index in [4.69, 9.17) is 0 Å². The van der Waals surface area contributed by atoms with Crippen LogP contribution in [0.5, 0.6) is 0 Å². The fourth-order valence-corrected chi connectivity index (χ4v) is 6.70. The van der Waals surface area contributed by atoms with Gasteiger partial charge in [0.1, 0.15) is 0 Å². The van der Waals surface area contributed by atoms with Crippen LogP contribution in [0.1, 0.15) is 19.3 Å². The molecule has 1 heteroatoms. The molecule has 0 aromatic rings. The molecule has 5 rings (SSSR count). The van der Waals surface area contributed by atoms with Gasteiger partial charge in [-0.25, -0.2) is 0 Å². The van der Waals surface area contributed by atoms with Crippen LogP contribution in [0.3, 0.4) is 0 Å². The predicted octanol–water partition coefficient (Wildman–Crippen LogP) is 1.52. The molecular weight excluding hydrogens is 160 g/mol. The number of hydrogen-bond donors (Lipinski definition) is 1. The molecule has 9 atom stereocenters. The second-order valence-electron chi connectivity index (χ2n) is 6.35. The van der Waals surface area contributed by atoms with Crippen LogP contribution < -0.4 is 0 Å². The van der Waals surface area contributed by atoms with E-state index < -0.39 is 0 Å². The minimum Gasteiger partial charge on any atom is -0.393 e. The molecule has 0 amide bonds. The second kappa shape index (κ2) is 1.60. The standard InChI is InChI=1S/C12H16O/c13-12-8-3-7-10-5-1-4(9(8)10)2-6(5)11(7)12/h4-13H,1-3H2/t4-,5+,6-,7+,8-,9-,10+,11-,12+/m0/s1. The van der Waals surface area contributed by atoms with Crippen LogP contribution >= 0.6 is 0 Å². The minimum atomic E-state index is 0.131. The molecule has 0 aliphatic heterocycles. The average Bonchev–Trinajstić information content (AvgIpc) is 2.74. The Balaban J connectivity index is 1.82. The van der Waals surface area contributed by atoms with E-state index in [1.165, 1.54) is 12.8 Å². The molecule has 1 nitrogen and oxygen atoms in total. The van der Waals surface area contributed by atoms with Crippen LogP contribution in [0.2, 0.25) is 0 Å². The molecule has 4 bridgehead atoms. The van der Waals surface area contributed by atoms with E-state index in [0.717, 1.165) is 47.3 Å². The Hall–Kier alpha value is -0.0400. The zero-order chi connectivity index (χ0) is 8.32. The maximum Gasteiger partial charge on any atom is 0.0605 e. The van der Waals surface area contributed by atoms with Gasteiger partial charge in [0, 0.05) is 0 Å². The average molecular weight is 176 g/mol. The van der Waals surface area contributed by atoms with E-state index in [1.54, 1.807) is 6.42 Å². The molecule has 0 saturated heterocycles. The quantitative estimate of drug-likeness (QED) is 0.593. The van der Waals surface area contributed by atoms with E-state index in [-0.39, 0.29) is 6.10 Å². The van der Waals surface area contributed by atoms with Crippen LogP contribution in [0.4, 0.5) is 0 Å². The third kappa shape index (κ3) is 0.439. The van der Waals surface area contributed by atoms with Gasteiger partial charge >= 0.3 is 0 Å². The summed E-state index contributed by atoms with van der Waals surface area (Å²) in [7, 11) is 0. The van der Waals surface area contributed by atoms with E-state index in [9.17, 15) is 5.11 Å². The third-order valence-electron chi connectivity index (χ3n) is 6.54. The molecule has 0 heterocycles. The molecule has 1 N–H and O–H groups in total. The van der Waals surface area contributed by atoms with Gasteiger partial charge in [0.15, 0.2) is 0 Å². The van der Waals surface area contributed by atoms with Gasteiger partial charge in [-0.05, 0) is 66.6 Å². The van der Waals surface area contributed by atoms with Crippen molar-refractivity contribution < 1.29 is 5.11 Å². The number of aliphatic hydroxyl groups is 1. The van der Waals surface area contributed by atoms with Crippen molar-refractivity contribution in [2.75, 3.05) is 0 Å². The van der Waals surface area contributed by atoms with Gasteiger partial charge < -0.3 is 5.11 Å². The van der Waals surface area contributed by atoms with Crippen molar-refractivity contribution in [2.45, 2.75) is 25.4 Å². The van der Waals surface area contributed by atoms with Gasteiger partial charge in [0.05, 0.1) is 6.10 Å². The summed E-state index contributed by atoms with van der Waals surface area (Å²) in [4.78, 5) is 0. The summed E-state index contributed by atoms with van der Waals surface area (Å²) >= 11 is 0. The number of aliphatic hydroxyl groups excluding tert-OH is 1. The summed E-state index contributed by atoms with van der Waals surface area (Å²) in [6, 6.07) is 0. The molecule has 5 saturated carbocycles. The fraction of sp³-hybridized carbons (Fsp3) is 1.00. The lowest BCUT2D eigenvalue weighted by molar-refractivity contribution is 0.0327. The third-order valence-corrected chi connectivity index (χ3v) is 6.54. The van der Waals surface area contributed by atoms with Crippen LogP contribution in [0.25, 0.3) is 0 Å². The molecule has 0 unspecified atom stereocenters. The molecule has 5 fully saturated rings. The van der Waals surface area contributed by atoms with Crippen molar-refractivity contribution in [1.29, 1.82) is 0 Å². The molecule has 0 aromatic carbocycles. The van der Waals surface area contributed by atoms with Gasteiger partial charge in [0.25, 0.3) is 0 Å². The maximum atomic E-state index is 10.2. The summed E-state index contributed by atoms with van der Waals surface area (Å²) < 4.78 is 0. The van der Waals surface area contributed by atoms with Crippen molar-refractivity contribution in [1.82, 2.24) is 0 Å². The van der Waals surface area contributed by atoms with Crippen LogP contribution in [-0.2, 0) is 0 Å². The molecule has 5 aliphatic rings. The van der Waals surface area contributed by atoms with Crippen molar-refractivity contribution in [3.8, 4) is 0 Å². The Morgan fingerprint density at radius 1 is 0.692 bits per heavy atom. The highest BCUT2D eigenvalue weighted by atomic mass is 16.3. The van der Waals surface area contributed by atoms with Crippen LogP contribution in [0.15, 0.2) is 0 Å². The highest BCUT2D eigenvalue weighted by Crippen LogP contribution is 2.78. The van der Waals surface area contributed by atoms with Gasteiger partial charge in [-0.1, -0.05) is 0 Å². The molecule has 70 valence electrons. The Morgan fingerprint density at radius 3 is 2.31 bits per heavy atom. The maximum absolute atomic E-state index is 10.2. The Kier molecular flexibility index (Phi) is 0.793. The Bertz CT molecular complexity index is 290. The highest BCUT2D eigenvalue weighted by molar-refractivity contribution is 5.23. The minimum absolute atomic E-state index is 0.131. The number of hydrogen-bond acceptors (Lipinski definition) is 1. The topological polar surface area (TPSA) is 20.2 Å². The summed E-state index contributed by atoms with van der Waals surface area (Å²) in [6.45, 7) is 0. The molecule has 13 heavy (non-hydrogen) atoms. The summed E-state index contributed by atoms with van der Waals surface area (Å²) in [5, 5.41) is 10.2. The van der Waals surface area contributed by atoms with Crippen molar-refractivity contribution in [3.63, 3.8) is 0 Å². The highest BCUT2D eigenvalue weighted by Gasteiger charge is 2.75. The van der Waals surface area contributed by atoms with Gasteiger partial charge in [-0.2, -0.15) is 0 Å². The van der Waals surface area contributed by atoms with Crippen LogP contribution in [0, 0.1) is 47.3 Å². The first kappa shape index (κ1) is 6.44. The first-order valence-electron chi connectivity index (χ1n) is 6.04. The summed E-state index contributed by atoms with van der Waals surface area (Å²) in [5.74, 6) is 7.68. The second-order valence-corrected chi connectivity index (χ2v) is 6.35. The van der Waals surface area contributed by atoms with Crippen molar-refractivity contribution >= 4 is 0 Å². The Morgan fingerprint density at radius 2 is 1.46 bits per heavy atom. The van der Waals surface area contributed by atoms with Crippen molar-refractivity contribution in [2.24, 2.45) is 47.3 Å². The van der Waals surface area contributed by atoms with E-state index in [1.807, 2.05) is 0 Å². The van der Waals surface area contributed by atoms with E-state index in [2.05, 4.69) is 0 Å². The normalized spacial score (nSPS) is 80.5. The molecule has 0 spiro atoms. The molecule has 5 aliphatic carbocycles. The lowest BCUT2D eigenvalue weighted by atomic mass is 9.77. The SMILES string of the molecule is O[C@@H]1[C@H]2C[C@H]3[C@@H]1[C@H]1C[C@@H]4C[C@H]1[C@H]3[C@@H]42. The summed E-state index contributed by atoms with van der Waals surface area (Å²) in [5.41, 5.74) is 0. The van der Waals surface area contributed by atoms with E-state index >= 15 is 0 Å².